The Hall–Kier alpha value is -2.30. The van der Waals surface area contributed by atoms with E-state index in [1.807, 2.05) is 40.3 Å². The van der Waals surface area contributed by atoms with E-state index >= 15 is 0 Å². The molecule has 0 saturated carbocycles. The van der Waals surface area contributed by atoms with Crippen LogP contribution in [-0.4, -0.2) is 52.8 Å². The maximum absolute atomic E-state index is 12.6. The average Bonchev–Trinajstić information content (AvgIpc) is 3.06. The fourth-order valence-electron chi connectivity index (χ4n) is 3.62. The van der Waals surface area contributed by atoms with Crippen LogP contribution < -0.4 is 0 Å². The minimum absolute atomic E-state index is 0.119. The second-order valence-corrected chi connectivity index (χ2v) is 6.76. The summed E-state index contributed by atoms with van der Waals surface area (Å²) in [6, 6.07) is 8.04. The lowest BCUT2D eigenvalue weighted by Gasteiger charge is -2.36. The number of piperazine rings is 1. The number of aromatic nitrogens is 1. The Bertz CT molecular complexity index is 740. The molecule has 0 aliphatic carbocycles. The largest absolute Gasteiger partial charge is 0.361 e. The minimum atomic E-state index is 0.119. The molecule has 1 aliphatic heterocycles. The van der Waals surface area contributed by atoms with Crippen molar-refractivity contribution in [2.24, 2.45) is 5.92 Å². The predicted octanol–water partition coefficient (Wildman–Crippen LogP) is 2.82. The van der Waals surface area contributed by atoms with Crippen LogP contribution in [0.4, 0.5) is 0 Å². The summed E-state index contributed by atoms with van der Waals surface area (Å²) in [4.78, 5) is 32.1. The van der Waals surface area contributed by atoms with Gasteiger partial charge in [-0.15, -0.1) is 0 Å². The molecule has 0 unspecified atom stereocenters. The molecule has 5 nitrogen and oxygen atoms in total. The van der Waals surface area contributed by atoms with Crippen LogP contribution in [-0.2, 0) is 16.0 Å². The maximum Gasteiger partial charge on any atom is 0.227 e. The van der Waals surface area contributed by atoms with Gasteiger partial charge in [-0.25, -0.2) is 0 Å². The number of hydrogen-bond acceptors (Lipinski definition) is 2. The number of H-pyrrole nitrogens is 1. The zero-order valence-corrected chi connectivity index (χ0v) is 15.1. The van der Waals surface area contributed by atoms with Crippen LogP contribution in [0.3, 0.4) is 0 Å². The van der Waals surface area contributed by atoms with Gasteiger partial charge in [0.1, 0.15) is 0 Å². The van der Waals surface area contributed by atoms with Crippen molar-refractivity contribution in [3.63, 3.8) is 0 Å². The molecule has 2 aromatic rings. The highest BCUT2D eigenvalue weighted by atomic mass is 16.2. The molecule has 1 aromatic heterocycles. The summed E-state index contributed by atoms with van der Waals surface area (Å²) in [5.74, 6) is 0.501. The van der Waals surface area contributed by atoms with E-state index in [0.717, 1.165) is 29.3 Å². The lowest BCUT2D eigenvalue weighted by atomic mass is 10.0. The number of nitrogens with one attached hydrogen (secondary N) is 1. The van der Waals surface area contributed by atoms with Crippen LogP contribution >= 0.6 is 0 Å². The van der Waals surface area contributed by atoms with Crippen molar-refractivity contribution in [1.29, 1.82) is 0 Å². The third-order valence-electron chi connectivity index (χ3n) is 5.30. The van der Waals surface area contributed by atoms with Crippen LogP contribution in [0.15, 0.2) is 30.5 Å². The Balaban J connectivity index is 1.57. The quantitative estimate of drug-likeness (QED) is 0.909. The van der Waals surface area contributed by atoms with E-state index in [1.54, 1.807) is 0 Å². The van der Waals surface area contributed by atoms with Gasteiger partial charge in [0, 0.05) is 49.2 Å². The fraction of sp³-hybridized carbons (Fsp3) is 0.500. The van der Waals surface area contributed by atoms with Gasteiger partial charge >= 0.3 is 0 Å². The van der Waals surface area contributed by atoms with Crippen LogP contribution in [0.25, 0.3) is 10.9 Å². The normalized spacial score (nSPS) is 15.2. The van der Waals surface area contributed by atoms with E-state index in [0.29, 0.717) is 32.6 Å². The summed E-state index contributed by atoms with van der Waals surface area (Å²) in [7, 11) is 0. The summed E-state index contributed by atoms with van der Waals surface area (Å²) >= 11 is 0. The Labute approximate surface area is 149 Å². The van der Waals surface area contributed by atoms with Gasteiger partial charge in [0.2, 0.25) is 11.8 Å². The number of aromatic amines is 1. The number of carbonyl (C=O) groups is 2. The number of para-hydroxylation sites is 1. The summed E-state index contributed by atoms with van der Waals surface area (Å²) in [5.41, 5.74) is 2.10. The highest BCUT2D eigenvalue weighted by Crippen LogP contribution is 2.19. The van der Waals surface area contributed by atoms with Gasteiger partial charge < -0.3 is 14.8 Å². The SMILES string of the molecule is CCC(CC)C(=O)N1CCN(C(=O)Cc2c[nH]c3ccccc23)CC1. The van der Waals surface area contributed by atoms with Gasteiger partial charge in [0.05, 0.1) is 6.42 Å². The lowest BCUT2D eigenvalue weighted by Crippen LogP contribution is -2.52. The van der Waals surface area contributed by atoms with Gasteiger partial charge in [0.25, 0.3) is 0 Å². The smallest absolute Gasteiger partial charge is 0.227 e. The molecule has 1 aromatic carbocycles. The summed E-state index contributed by atoms with van der Waals surface area (Å²) in [5, 5.41) is 1.11. The monoisotopic (exact) mass is 341 g/mol. The molecule has 2 amide bonds. The Kier molecular flexibility index (Phi) is 5.41. The maximum atomic E-state index is 12.6. The number of hydrogen-bond donors (Lipinski definition) is 1. The lowest BCUT2D eigenvalue weighted by molar-refractivity contribution is -0.142. The van der Waals surface area contributed by atoms with Crippen LogP contribution in [0.1, 0.15) is 32.3 Å². The molecule has 1 N–H and O–H groups in total. The van der Waals surface area contributed by atoms with E-state index in [-0.39, 0.29) is 17.7 Å². The first-order valence-electron chi connectivity index (χ1n) is 9.25. The summed E-state index contributed by atoms with van der Waals surface area (Å²) in [6.45, 7) is 6.68. The zero-order chi connectivity index (χ0) is 17.8. The fourth-order valence-corrected chi connectivity index (χ4v) is 3.62. The second kappa shape index (κ2) is 7.72. The Morgan fingerprint density at radius 2 is 1.68 bits per heavy atom. The predicted molar refractivity (Wildman–Crippen MR) is 99.2 cm³/mol. The topological polar surface area (TPSA) is 56.4 Å². The van der Waals surface area contributed by atoms with E-state index < -0.39 is 0 Å². The van der Waals surface area contributed by atoms with Gasteiger partial charge in [-0.1, -0.05) is 32.0 Å². The van der Waals surface area contributed by atoms with E-state index in [2.05, 4.69) is 18.8 Å². The zero-order valence-electron chi connectivity index (χ0n) is 15.1. The van der Waals surface area contributed by atoms with Gasteiger partial charge in [-0.2, -0.15) is 0 Å². The average molecular weight is 341 g/mol. The molecule has 5 heteroatoms. The summed E-state index contributed by atoms with van der Waals surface area (Å²) in [6.07, 6.45) is 4.10. The molecule has 1 fully saturated rings. The second-order valence-electron chi connectivity index (χ2n) is 6.76. The van der Waals surface area contributed by atoms with Crippen molar-refractivity contribution >= 4 is 22.7 Å². The number of amides is 2. The molecule has 0 spiro atoms. The van der Waals surface area contributed by atoms with Crippen molar-refractivity contribution in [3.05, 3.63) is 36.0 Å². The minimum Gasteiger partial charge on any atom is -0.361 e. The Morgan fingerprint density at radius 1 is 1.04 bits per heavy atom. The molecule has 0 atom stereocenters. The number of nitrogens with zero attached hydrogens (tertiary/aromatic N) is 2. The standard InChI is InChI=1S/C20H27N3O2/c1-3-15(4-2)20(25)23-11-9-22(10-12-23)19(24)13-16-14-21-18-8-6-5-7-17(16)18/h5-8,14-15,21H,3-4,9-13H2,1-2H3. The molecule has 0 radical (unpaired) electrons. The number of fused-ring (bicyclic) bond motifs is 1. The van der Waals surface area contributed by atoms with Crippen molar-refractivity contribution in [3.8, 4) is 0 Å². The van der Waals surface area contributed by atoms with E-state index in [1.165, 1.54) is 0 Å². The van der Waals surface area contributed by atoms with Crippen LogP contribution in [0.5, 0.6) is 0 Å². The van der Waals surface area contributed by atoms with Crippen molar-refractivity contribution in [1.82, 2.24) is 14.8 Å². The first kappa shape index (κ1) is 17.5. The number of rotatable bonds is 5. The summed E-state index contributed by atoms with van der Waals surface area (Å²) < 4.78 is 0. The molecular weight excluding hydrogens is 314 g/mol. The van der Waals surface area contributed by atoms with Crippen molar-refractivity contribution in [2.45, 2.75) is 33.1 Å². The first-order valence-corrected chi connectivity index (χ1v) is 9.25. The number of carbonyl (C=O) groups excluding carboxylic acids is 2. The third-order valence-corrected chi connectivity index (χ3v) is 5.30. The van der Waals surface area contributed by atoms with Gasteiger partial charge in [-0.3, -0.25) is 9.59 Å². The third kappa shape index (κ3) is 3.70. The molecule has 134 valence electrons. The molecule has 2 heterocycles. The molecular formula is C20H27N3O2. The van der Waals surface area contributed by atoms with E-state index in [4.69, 9.17) is 0 Å². The molecule has 1 saturated heterocycles. The first-order chi connectivity index (χ1) is 12.1. The highest BCUT2D eigenvalue weighted by Gasteiger charge is 2.27. The molecule has 1 aliphatic rings. The highest BCUT2D eigenvalue weighted by molar-refractivity contribution is 5.89. The van der Waals surface area contributed by atoms with Gasteiger partial charge in [-0.05, 0) is 24.5 Å². The number of benzene rings is 1. The van der Waals surface area contributed by atoms with Gasteiger partial charge in [0.15, 0.2) is 0 Å². The van der Waals surface area contributed by atoms with Crippen LogP contribution in [0, 0.1) is 5.92 Å². The van der Waals surface area contributed by atoms with Crippen molar-refractivity contribution in [2.75, 3.05) is 26.2 Å². The van der Waals surface area contributed by atoms with Crippen LogP contribution in [0.2, 0.25) is 0 Å². The Morgan fingerprint density at radius 3 is 2.36 bits per heavy atom. The molecule has 3 rings (SSSR count). The van der Waals surface area contributed by atoms with Crippen molar-refractivity contribution < 1.29 is 9.59 Å². The molecule has 25 heavy (non-hydrogen) atoms. The van der Waals surface area contributed by atoms with E-state index in [9.17, 15) is 9.59 Å². The molecule has 0 bridgehead atoms.